The summed E-state index contributed by atoms with van der Waals surface area (Å²) in [6.07, 6.45) is -2.96. The number of nitriles is 1. The van der Waals surface area contributed by atoms with Gasteiger partial charge >= 0.3 is 6.18 Å². The molecule has 3 aliphatic rings. The van der Waals surface area contributed by atoms with Gasteiger partial charge in [-0.3, -0.25) is 4.68 Å². The molecule has 2 saturated carbocycles. The highest BCUT2D eigenvalue weighted by Crippen LogP contribution is 2.58. The van der Waals surface area contributed by atoms with Crippen molar-refractivity contribution in [2.24, 2.45) is 11.8 Å². The van der Waals surface area contributed by atoms with Crippen LogP contribution in [0.4, 0.5) is 23.2 Å². The number of halogens is 5. The average molecular weight is 505 g/mol. The van der Waals surface area contributed by atoms with E-state index in [1.807, 2.05) is 0 Å². The second-order valence-electron chi connectivity index (χ2n) is 9.60. The van der Waals surface area contributed by atoms with E-state index in [1.165, 1.54) is 0 Å². The highest BCUT2D eigenvalue weighted by atomic mass is 35.5. The first kappa shape index (κ1) is 22.6. The first-order chi connectivity index (χ1) is 16.7. The second kappa shape index (κ2) is 7.80. The average Bonchev–Trinajstić information content (AvgIpc) is 3.66. The van der Waals surface area contributed by atoms with Gasteiger partial charge in [-0.2, -0.15) is 23.5 Å². The molecule has 3 N–H and O–H groups in total. The van der Waals surface area contributed by atoms with E-state index in [0.717, 1.165) is 43.8 Å². The van der Waals surface area contributed by atoms with Crippen LogP contribution in [-0.2, 0) is 12.6 Å². The summed E-state index contributed by atoms with van der Waals surface area (Å²) < 4.78 is 59.9. The number of hydrogen-bond donors (Lipinski definition) is 2. The lowest BCUT2D eigenvalue weighted by Gasteiger charge is -2.17. The summed E-state index contributed by atoms with van der Waals surface area (Å²) in [5.74, 6) is 0.0791. The molecule has 1 saturated heterocycles. The number of benzene rings is 1. The molecule has 3 heterocycles. The monoisotopic (exact) mass is 504 g/mol. The number of rotatable bonds is 5. The Morgan fingerprint density at radius 2 is 1.94 bits per heavy atom. The summed E-state index contributed by atoms with van der Waals surface area (Å²) in [5, 5.41) is 17.3. The molecule has 3 fully saturated rings. The Labute approximate surface area is 203 Å². The van der Waals surface area contributed by atoms with Crippen LogP contribution in [0.1, 0.15) is 48.2 Å². The predicted octanol–water partition coefficient (Wildman–Crippen LogP) is 5.22. The lowest BCUT2D eigenvalue weighted by molar-refractivity contribution is -0.137. The van der Waals surface area contributed by atoms with Crippen molar-refractivity contribution in [2.45, 2.75) is 43.8 Å². The second-order valence-corrected chi connectivity index (χ2v) is 10.0. The van der Waals surface area contributed by atoms with Crippen molar-refractivity contribution in [3.05, 3.63) is 39.9 Å². The Bertz CT molecular complexity index is 1390. The highest BCUT2D eigenvalue weighted by molar-refractivity contribution is 6.32. The van der Waals surface area contributed by atoms with Gasteiger partial charge in [0, 0.05) is 35.4 Å². The summed E-state index contributed by atoms with van der Waals surface area (Å²) in [4.78, 5) is 4.41. The van der Waals surface area contributed by atoms with Crippen LogP contribution in [-0.4, -0.2) is 27.9 Å². The van der Waals surface area contributed by atoms with E-state index in [-0.39, 0.29) is 36.0 Å². The fraction of sp³-hybridized carbons (Fsp3) is 0.458. The number of nitrogens with zero attached hydrogens (tertiary/aromatic N) is 4. The Hall–Kier alpha value is -2.90. The molecule has 0 radical (unpaired) electrons. The van der Waals surface area contributed by atoms with Gasteiger partial charge < -0.3 is 11.1 Å². The first-order valence-electron chi connectivity index (χ1n) is 11.6. The van der Waals surface area contributed by atoms with Crippen LogP contribution in [0, 0.1) is 29.0 Å². The minimum Gasteiger partial charge on any atom is -0.399 e. The van der Waals surface area contributed by atoms with Gasteiger partial charge in [0.1, 0.15) is 11.2 Å². The summed E-state index contributed by atoms with van der Waals surface area (Å²) in [7, 11) is 0. The number of nitrogens with one attached hydrogen (secondary N) is 1. The fourth-order valence-corrected chi connectivity index (χ4v) is 5.91. The van der Waals surface area contributed by atoms with E-state index in [4.69, 9.17) is 22.4 Å². The molecule has 1 aliphatic heterocycles. The molecule has 6 rings (SSSR count). The number of piperidine rings is 1. The summed E-state index contributed by atoms with van der Waals surface area (Å²) >= 11 is 5.95. The molecule has 3 aromatic rings. The van der Waals surface area contributed by atoms with Gasteiger partial charge in [0.2, 0.25) is 0 Å². The molecule has 3 atom stereocenters. The zero-order valence-electron chi connectivity index (χ0n) is 18.5. The summed E-state index contributed by atoms with van der Waals surface area (Å²) in [6.45, 7) is 1.71. The van der Waals surface area contributed by atoms with Gasteiger partial charge in [0.15, 0.2) is 5.82 Å². The van der Waals surface area contributed by atoms with Gasteiger partial charge in [-0.1, -0.05) is 11.6 Å². The normalized spacial score (nSPS) is 23.5. The maximum Gasteiger partial charge on any atom is 0.418 e. The van der Waals surface area contributed by atoms with Crippen LogP contribution >= 0.6 is 11.6 Å². The number of pyridine rings is 1. The SMILES string of the molecule is N#CCCc1nc(-c2cc(N)cc(Cl)c2C(F)(F)F)c(F)c2c1c(C1C3CNC[C@@H]31)nn2C1CC1. The van der Waals surface area contributed by atoms with E-state index in [1.54, 1.807) is 4.68 Å². The van der Waals surface area contributed by atoms with Crippen LogP contribution in [0.15, 0.2) is 12.1 Å². The zero-order valence-corrected chi connectivity index (χ0v) is 19.2. The molecule has 182 valence electrons. The van der Waals surface area contributed by atoms with E-state index in [2.05, 4.69) is 16.4 Å². The Kier molecular flexibility index (Phi) is 5.03. The van der Waals surface area contributed by atoms with E-state index in [9.17, 15) is 18.4 Å². The van der Waals surface area contributed by atoms with Crippen LogP contribution in [0.25, 0.3) is 22.2 Å². The van der Waals surface area contributed by atoms with E-state index < -0.39 is 33.8 Å². The third-order valence-corrected chi connectivity index (χ3v) is 7.61. The molecule has 2 aromatic heterocycles. The topological polar surface area (TPSA) is 92.6 Å². The zero-order chi connectivity index (χ0) is 24.6. The first-order valence-corrected chi connectivity index (χ1v) is 11.9. The molecule has 0 spiro atoms. The quantitative estimate of drug-likeness (QED) is 0.367. The molecule has 0 bridgehead atoms. The number of aromatic nitrogens is 3. The van der Waals surface area contributed by atoms with E-state index >= 15 is 4.39 Å². The van der Waals surface area contributed by atoms with Crippen molar-refractivity contribution in [3.8, 4) is 17.3 Å². The van der Waals surface area contributed by atoms with Gasteiger partial charge in [-0.15, -0.1) is 0 Å². The van der Waals surface area contributed by atoms with Crippen LogP contribution in [0.2, 0.25) is 5.02 Å². The van der Waals surface area contributed by atoms with Crippen molar-refractivity contribution >= 4 is 28.2 Å². The van der Waals surface area contributed by atoms with Crippen molar-refractivity contribution < 1.29 is 17.6 Å². The summed E-state index contributed by atoms with van der Waals surface area (Å²) in [5.41, 5.74) is 4.88. The number of fused-ring (bicyclic) bond motifs is 2. The molecule has 2 aliphatic carbocycles. The van der Waals surface area contributed by atoms with Crippen LogP contribution in [0.5, 0.6) is 0 Å². The Balaban J connectivity index is 1.65. The van der Waals surface area contributed by atoms with Crippen LogP contribution in [0.3, 0.4) is 0 Å². The largest absolute Gasteiger partial charge is 0.418 e. The van der Waals surface area contributed by atoms with Gasteiger partial charge in [-0.05, 0) is 49.9 Å². The highest BCUT2D eigenvalue weighted by Gasteiger charge is 2.56. The molecular formula is C24H21ClF4N6. The standard InChI is InChI=1S/C24H21ClF4N6/c25-15-7-10(31)6-12(19(15)24(27,28)29)21-20(26)23-18(16(33-21)2-1-5-30)22(34-35(23)11-3-4-11)17-13-8-32-9-14(13)17/h6-7,11,13-14,17,32H,1-4,8-9,31H2/t13-,14?,17?/m0/s1. The van der Waals surface area contributed by atoms with Gasteiger partial charge in [0.25, 0.3) is 0 Å². The smallest absolute Gasteiger partial charge is 0.399 e. The maximum absolute atomic E-state index is 16.3. The Morgan fingerprint density at radius 3 is 2.57 bits per heavy atom. The van der Waals surface area contributed by atoms with Crippen molar-refractivity contribution in [1.82, 2.24) is 20.1 Å². The molecular weight excluding hydrogens is 484 g/mol. The van der Waals surface area contributed by atoms with Crippen molar-refractivity contribution in [3.63, 3.8) is 0 Å². The van der Waals surface area contributed by atoms with E-state index in [0.29, 0.717) is 22.9 Å². The fourth-order valence-electron chi connectivity index (χ4n) is 5.58. The molecule has 2 unspecified atom stereocenters. The number of anilines is 1. The maximum atomic E-state index is 16.3. The van der Waals surface area contributed by atoms with Crippen molar-refractivity contribution in [2.75, 3.05) is 18.8 Å². The third-order valence-electron chi connectivity index (χ3n) is 7.31. The molecule has 6 nitrogen and oxygen atoms in total. The minimum atomic E-state index is -4.85. The molecule has 35 heavy (non-hydrogen) atoms. The molecule has 11 heteroatoms. The summed E-state index contributed by atoms with van der Waals surface area (Å²) in [6, 6.07) is 4.10. The lowest BCUT2D eigenvalue weighted by atomic mass is 9.98. The molecule has 0 amide bonds. The number of hydrogen-bond acceptors (Lipinski definition) is 5. The van der Waals surface area contributed by atoms with Crippen molar-refractivity contribution in [1.29, 1.82) is 5.26 Å². The van der Waals surface area contributed by atoms with Gasteiger partial charge in [-0.25, -0.2) is 9.37 Å². The number of nitrogen functional groups attached to an aromatic ring is 1. The molecule has 1 aromatic carbocycles. The Morgan fingerprint density at radius 1 is 1.23 bits per heavy atom. The predicted molar refractivity (Wildman–Crippen MR) is 122 cm³/mol. The number of alkyl halides is 3. The van der Waals surface area contributed by atoms with Gasteiger partial charge in [0.05, 0.1) is 34.1 Å². The number of aryl methyl sites for hydroxylation is 1. The number of nitrogens with two attached hydrogens (primary N) is 1. The third kappa shape index (κ3) is 3.55. The lowest BCUT2D eigenvalue weighted by Crippen LogP contribution is -2.14. The van der Waals surface area contributed by atoms with Crippen LogP contribution < -0.4 is 11.1 Å². The minimum absolute atomic E-state index is 0.0111.